The number of rotatable bonds is 12. The van der Waals surface area contributed by atoms with Gasteiger partial charge in [-0.1, -0.05) is 32.4 Å². The smallest absolute Gasteiger partial charge is 0.338 e. The Kier molecular flexibility index (Phi) is 11.1. The molecule has 238 valence electrons. The van der Waals surface area contributed by atoms with Gasteiger partial charge in [0.1, 0.15) is 23.0 Å². The molecule has 0 aliphatic heterocycles. The van der Waals surface area contributed by atoms with Crippen LogP contribution in [0.5, 0.6) is 34.5 Å². The maximum atomic E-state index is 12.8. The zero-order chi connectivity index (χ0) is 34.3. The van der Waals surface area contributed by atoms with E-state index in [2.05, 4.69) is 26.3 Å². The molecule has 0 amide bonds. The maximum Gasteiger partial charge on any atom is 0.338 e. The van der Waals surface area contributed by atoms with Gasteiger partial charge in [0.15, 0.2) is 11.5 Å². The number of hydrogen-bond acceptors (Lipinski definition) is 10. The predicted octanol–water partition coefficient (Wildman–Crippen LogP) is 6.96. The number of carbonyl (C=O) groups is 4. The van der Waals surface area contributed by atoms with Crippen molar-refractivity contribution in [1.29, 1.82) is 0 Å². The van der Waals surface area contributed by atoms with Crippen molar-refractivity contribution in [3.63, 3.8) is 0 Å². The highest BCUT2D eigenvalue weighted by Gasteiger charge is 2.23. The van der Waals surface area contributed by atoms with E-state index in [1.54, 1.807) is 18.2 Å². The first-order valence-corrected chi connectivity index (χ1v) is 13.7. The minimum atomic E-state index is -0.718. The summed E-state index contributed by atoms with van der Waals surface area (Å²) in [6.07, 6.45) is 0. The average Bonchev–Trinajstić information content (AvgIpc) is 3.01. The number of benzene rings is 3. The van der Waals surface area contributed by atoms with Gasteiger partial charge in [-0.05, 0) is 69.7 Å². The van der Waals surface area contributed by atoms with Gasteiger partial charge < -0.3 is 28.4 Å². The molecule has 10 heteroatoms. The zero-order valence-corrected chi connectivity index (χ0v) is 26.5. The van der Waals surface area contributed by atoms with Crippen LogP contribution in [-0.4, -0.2) is 38.1 Å². The van der Waals surface area contributed by atoms with Gasteiger partial charge in [0.05, 0.1) is 14.2 Å². The highest BCUT2D eigenvalue weighted by atomic mass is 16.6. The summed E-state index contributed by atoms with van der Waals surface area (Å²) in [5.74, 6) is -1.84. The molecular weight excluding hydrogens is 592 g/mol. The van der Waals surface area contributed by atoms with Crippen LogP contribution < -0.4 is 28.4 Å². The van der Waals surface area contributed by atoms with Crippen molar-refractivity contribution in [2.45, 2.75) is 27.7 Å². The number of carbonyl (C=O) groups excluding carboxylic acids is 4. The van der Waals surface area contributed by atoms with E-state index in [0.717, 1.165) is 0 Å². The second-order valence-electron chi connectivity index (χ2n) is 10.3. The normalized spacial score (nSPS) is 10.2. The van der Waals surface area contributed by atoms with Crippen molar-refractivity contribution in [2.24, 2.45) is 0 Å². The van der Waals surface area contributed by atoms with Crippen LogP contribution in [0.4, 0.5) is 0 Å². The van der Waals surface area contributed by atoms with Gasteiger partial charge in [-0.2, -0.15) is 0 Å². The first-order chi connectivity index (χ1) is 21.7. The number of ether oxygens (including phenoxy) is 6. The molecule has 3 aromatic carbocycles. The lowest BCUT2D eigenvalue weighted by atomic mass is 9.96. The number of hydrogen-bond donors (Lipinski definition) is 0. The summed E-state index contributed by atoms with van der Waals surface area (Å²) in [4.78, 5) is 49.9. The van der Waals surface area contributed by atoms with Crippen molar-refractivity contribution in [3.8, 4) is 56.8 Å². The molecule has 0 atom stereocenters. The van der Waals surface area contributed by atoms with E-state index in [4.69, 9.17) is 28.4 Å². The van der Waals surface area contributed by atoms with Crippen LogP contribution >= 0.6 is 0 Å². The van der Waals surface area contributed by atoms with Gasteiger partial charge >= 0.3 is 23.9 Å². The lowest BCUT2D eigenvalue weighted by Crippen LogP contribution is -2.12. The molecule has 0 spiro atoms. The highest BCUT2D eigenvalue weighted by molar-refractivity contribution is 5.95. The Morgan fingerprint density at radius 2 is 0.913 bits per heavy atom. The molecule has 0 N–H and O–H groups in total. The standard InChI is InChI=1S/C36H34O10/c1-19(2)33(37)43-24-12-13-25(29(16-24)41-9)27-18-30(45-35(39)21(5)6)26(17-31(27)46-36(40)22(7)8)23-11-14-28(32(15-23)42-10)44-34(38)20(3)4/h11-18H,1,3,5,7H2,2,4,6,8-10H3. The maximum absolute atomic E-state index is 12.8. The summed E-state index contributed by atoms with van der Waals surface area (Å²) < 4.78 is 33.3. The van der Waals surface area contributed by atoms with Crippen LogP contribution in [0.2, 0.25) is 0 Å². The molecule has 3 rings (SSSR count). The van der Waals surface area contributed by atoms with E-state index in [1.807, 2.05) is 0 Å². The van der Waals surface area contributed by atoms with E-state index < -0.39 is 23.9 Å². The third-order valence-electron chi connectivity index (χ3n) is 6.23. The molecule has 3 aromatic rings. The minimum absolute atomic E-state index is 0.0554. The lowest BCUT2D eigenvalue weighted by molar-refractivity contribution is -0.131. The molecule has 0 unspecified atom stereocenters. The van der Waals surface area contributed by atoms with Crippen molar-refractivity contribution in [1.82, 2.24) is 0 Å². The summed E-state index contributed by atoms with van der Waals surface area (Å²) in [5, 5.41) is 0. The summed E-state index contributed by atoms with van der Waals surface area (Å²) in [6.45, 7) is 20.5. The van der Waals surface area contributed by atoms with Crippen LogP contribution in [0.25, 0.3) is 22.3 Å². The molecule has 46 heavy (non-hydrogen) atoms. The van der Waals surface area contributed by atoms with E-state index in [-0.39, 0.29) is 62.4 Å². The molecule has 0 saturated heterocycles. The topological polar surface area (TPSA) is 124 Å². The fourth-order valence-corrected chi connectivity index (χ4v) is 3.80. The molecule has 0 radical (unpaired) electrons. The SMILES string of the molecule is C=C(C)C(=O)Oc1ccc(-c2cc(OC(=O)C(=C)C)c(-c3ccc(OC(=O)C(=C)C)c(OC)c3)cc2OC(=O)C(=C)C)c(OC)c1. The second-order valence-corrected chi connectivity index (χ2v) is 10.3. The molecule has 0 fully saturated rings. The van der Waals surface area contributed by atoms with Crippen LogP contribution in [0.1, 0.15) is 27.7 Å². The van der Waals surface area contributed by atoms with Gasteiger partial charge in [-0.3, -0.25) is 0 Å². The Morgan fingerprint density at radius 3 is 1.41 bits per heavy atom. The monoisotopic (exact) mass is 626 g/mol. The Balaban J connectivity index is 2.32. The lowest BCUT2D eigenvalue weighted by Gasteiger charge is -2.19. The quantitative estimate of drug-likeness (QED) is 0.118. The Labute approximate surface area is 267 Å². The third kappa shape index (κ3) is 8.17. The van der Waals surface area contributed by atoms with Gasteiger partial charge in [0, 0.05) is 45.0 Å². The van der Waals surface area contributed by atoms with E-state index in [0.29, 0.717) is 16.7 Å². The van der Waals surface area contributed by atoms with E-state index in [1.165, 1.54) is 72.2 Å². The fourth-order valence-electron chi connectivity index (χ4n) is 3.80. The average molecular weight is 627 g/mol. The molecule has 10 nitrogen and oxygen atoms in total. The Morgan fingerprint density at radius 1 is 0.457 bits per heavy atom. The Bertz CT molecular complexity index is 1790. The Hall–Kier alpha value is -5.90. The van der Waals surface area contributed by atoms with E-state index >= 15 is 0 Å². The molecule has 0 bridgehead atoms. The minimum Gasteiger partial charge on any atom is -0.496 e. The molecule has 0 aliphatic carbocycles. The van der Waals surface area contributed by atoms with Crippen LogP contribution in [0.15, 0.2) is 97.1 Å². The molecule has 0 heterocycles. The largest absolute Gasteiger partial charge is 0.496 e. The van der Waals surface area contributed by atoms with Crippen LogP contribution in [0, 0.1) is 0 Å². The van der Waals surface area contributed by atoms with Crippen molar-refractivity contribution < 1.29 is 47.6 Å². The van der Waals surface area contributed by atoms with Gasteiger partial charge in [0.25, 0.3) is 0 Å². The first-order valence-electron chi connectivity index (χ1n) is 13.7. The summed E-state index contributed by atoms with van der Waals surface area (Å²) in [7, 11) is 2.81. The van der Waals surface area contributed by atoms with Crippen LogP contribution in [-0.2, 0) is 19.2 Å². The fraction of sp³-hybridized carbons (Fsp3) is 0.167. The van der Waals surface area contributed by atoms with Crippen molar-refractivity contribution in [2.75, 3.05) is 14.2 Å². The van der Waals surface area contributed by atoms with Gasteiger partial charge in [-0.15, -0.1) is 0 Å². The highest BCUT2D eigenvalue weighted by Crippen LogP contribution is 2.46. The molecule has 0 aromatic heterocycles. The zero-order valence-electron chi connectivity index (χ0n) is 26.5. The van der Waals surface area contributed by atoms with E-state index in [9.17, 15) is 19.2 Å². The molecule has 0 aliphatic rings. The summed E-state index contributed by atoms with van der Waals surface area (Å²) >= 11 is 0. The van der Waals surface area contributed by atoms with Gasteiger partial charge in [0.2, 0.25) is 0 Å². The van der Waals surface area contributed by atoms with Crippen molar-refractivity contribution in [3.05, 3.63) is 97.1 Å². The van der Waals surface area contributed by atoms with Crippen molar-refractivity contribution >= 4 is 23.9 Å². The third-order valence-corrected chi connectivity index (χ3v) is 6.23. The summed E-state index contributed by atoms with van der Waals surface area (Å²) in [5.41, 5.74) is 2.11. The summed E-state index contributed by atoms with van der Waals surface area (Å²) in [6, 6.07) is 12.2. The molecular formula is C36H34O10. The second kappa shape index (κ2) is 14.7. The predicted molar refractivity (Wildman–Crippen MR) is 172 cm³/mol. The molecule has 0 saturated carbocycles. The van der Waals surface area contributed by atoms with Gasteiger partial charge in [-0.25, -0.2) is 19.2 Å². The number of methoxy groups -OCH3 is 2. The van der Waals surface area contributed by atoms with Crippen LogP contribution in [0.3, 0.4) is 0 Å². The number of esters is 4. The first kappa shape index (κ1) is 34.6.